The van der Waals surface area contributed by atoms with Crippen molar-refractivity contribution < 1.29 is 9.47 Å². The van der Waals surface area contributed by atoms with Crippen molar-refractivity contribution in [1.82, 2.24) is 14.5 Å². The highest BCUT2D eigenvalue weighted by atomic mass is 17.0. The number of nitrogens with zero attached hydrogens (tertiary/aromatic N) is 1. The number of nitrogens with one attached hydrogen (secondary N) is 2. The maximum Gasteiger partial charge on any atom is 0.333 e. The lowest BCUT2D eigenvalue weighted by molar-refractivity contribution is -0.0910. The van der Waals surface area contributed by atoms with E-state index in [1.165, 1.54) is 0 Å². The number of hydrogen-bond acceptors (Lipinski definition) is 5. The number of ether oxygens (including phenoxy) is 2. The summed E-state index contributed by atoms with van der Waals surface area (Å²) < 4.78 is 11.5. The van der Waals surface area contributed by atoms with E-state index in [2.05, 4.69) is 0 Å². The number of allylic oxidation sites excluding steroid dienone is 2. The molecule has 8 heteroatoms. The maximum absolute atomic E-state index is 11.4. The molecule has 0 aliphatic carbocycles. The minimum Gasteiger partial charge on any atom is -0.307 e. The van der Waals surface area contributed by atoms with Crippen molar-refractivity contribution in [2.75, 3.05) is 0 Å². The average Bonchev–Trinajstić information content (AvgIpc) is 3.05. The molecule has 2 N–H and O–H groups in total. The lowest BCUT2D eigenvalue weighted by Crippen LogP contribution is -2.42. The van der Waals surface area contributed by atoms with Crippen LogP contribution in [-0.2, 0) is 16.0 Å². The molecule has 2 saturated heterocycles. The van der Waals surface area contributed by atoms with Gasteiger partial charge in [-0.3, -0.25) is 9.97 Å². The maximum atomic E-state index is 11.4. The van der Waals surface area contributed by atoms with E-state index in [4.69, 9.17) is 9.47 Å². The van der Waals surface area contributed by atoms with Gasteiger partial charge in [-0.15, -0.1) is 0 Å². The Morgan fingerprint density at radius 3 is 2.26 bits per heavy atom. The van der Waals surface area contributed by atoms with Crippen LogP contribution in [0.15, 0.2) is 26.5 Å². The second kappa shape index (κ2) is 3.78. The van der Waals surface area contributed by atoms with Crippen molar-refractivity contribution in [3.63, 3.8) is 0 Å². The summed E-state index contributed by atoms with van der Waals surface area (Å²) in [4.78, 5) is 37.5. The summed E-state index contributed by atoms with van der Waals surface area (Å²) in [7, 11) is 0. The second-order valence-corrected chi connectivity index (χ2v) is 4.71. The Morgan fingerprint density at radius 1 is 1.16 bits per heavy atom. The predicted molar refractivity (Wildman–Crippen MR) is 63.6 cm³/mol. The lowest BCUT2D eigenvalue weighted by atomic mass is 10.2. The molecule has 3 heterocycles. The van der Waals surface area contributed by atoms with Gasteiger partial charge in [-0.05, 0) is 13.3 Å². The molecule has 0 amide bonds. The fourth-order valence-electron chi connectivity index (χ4n) is 2.10. The molecular formula is C11H13N3O5. The number of H-pyrrole nitrogens is 2. The van der Waals surface area contributed by atoms with Crippen LogP contribution in [0.25, 0.3) is 0 Å². The molecule has 0 atom stereocenters. The smallest absolute Gasteiger partial charge is 0.307 e. The topological polar surface area (TPSA) is 113 Å². The lowest BCUT2D eigenvalue weighted by Gasteiger charge is -1.98. The van der Waals surface area contributed by atoms with Crippen LogP contribution in [-0.4, -0.2) is 26.1 Å². The zero-order chi connectivity index (χ0) is 13.7. The summed E-state index contributed by atoms with van der Waals surface area (Å²) >= 11 is 0. The molecular weight excluding hydrogens is 254 g/mol. The molecule has 0 aromatic carbocycles. The first-order chi connectivity index (χ1) is 8.96. The van der Waals surface area contributed by atoms with Crippen molar-refractivity contribution in [3.8, 4) is 0 Å². The predicted octanol–water partition coefficient (Wildman–Crippen LogP) is -0.966. The minimum atomic E-state index is -0.801. The zero-order valence-electron chi connectivity index (χ0n) is 10.3. The molecule has 0 unspecified atom stereocenters. The summed E-state index contributed by atoms with van der Waals surface area (Å²) in [6, 6.07) is 0. The van der Waals surface area contributed by atoms with Gasteiger partial charge in [-0.25, -0.2) is 19.0 Å². The van der Waals surface area contributed by atoms with Crippen molar-refractivity contribution in [3.05, 3.63) is 43.6 Å². The van der Waals surface area contributed by atoms with Crippen molar-refractivity contribution in [2.24, 2.45) is 0 Å². The van der Waals surface area contributed by atoms with Gasteiger partial charge < -0.3 is 9.47 Å². The van der Waals surface area contributed by atoms with Gasteiger partial charge in [0.2, 0.25) is 11.6 Å². The van der Waals surface area contributed by atoms with Crippen molar-refractivity contribution >= 4 is 0 Å². The van der Waals surface area contributed by atoms with Crippen LogP contribution in [0.3, 0.4) is 0 Å². The van der Waals surface area contributed by atoms with Gasteiger partial charge in [0.25, 0.3) is 0 Å². The molecule has 0 bridgehead atoms. The van der Waals surface area contributed by atoms with Gasteiger partial charge >= 0.3 is 17.1 Å². The van der Waals surface area contributed by atoms with Gasteiger partial charge in [0, 0.05) is 6.42 Å². The number of aromatic amines is 2. The Hall–Kier alpha value is -1.93. The molecule has 8 nitrogen and oxygen atoms in total. The van der Waals surface area contributed by atoms with Gasteiger partial charge in [0.1, 0.15) is 0 Å². The van der Waals surface area contributed by atoms with E-state index in [9.17, 15) is 14.4 Å². The molecule has 102 valence electrons. The molecule has 0 saturated carbocycles. The first kappa shape index (κ1) is 12.1. The molecule has 2 aliphatic rings. The van der Waals surface area contributed by atoms with E-state index in [0.29, 0.717) is 0 Å². The van der Waals surface area contributed by atoms with Gasteiger partial charge in [-0.2, -0.15) is 0 Å². The Kier molecular flexibility index (Phi) is 2.41. The van der Waals surface area contributed by atoms with Gasteiger partial charge in [0.15, 0.2) is 0 Å². The fraction of sp³-hybridized carbons (Fsp3) is 0.545. The summed E-state index contributed by atoms with van der Waals surface area (Å²) in [6.07, 6.45) is 5.01. The summed E-state index contributed by atoms with van der Waals surface area (Å²) in [5.41, 5.74) is -2.24. The zero-order valence-corrected chi connectivity index (χ0v) is 10.3. The van der Waals surface area contributed by atoms with E-state index in [-0.39, 0.29) is 18.1 Å². The summed E-state index contributed by atoms with van der Waals surface area (Å²) in [5.74, 6) is -0.753. The second-order valence-electron chi connectivity index (χ2n) is 4.71. The number of hydrogen-bond donors (Lipinski definition) is 2. The van der Waals surface area contributed by atoms with Crippen LogP contribution in [0, 0.1) is 0 Å². The molecule has 1 aromatic rings. The van der Waals surface area contributed by atoms with Gasteiger partial charge in [-0.1, -0.05) is 12.2 Å². The molecule has 0 radical (unpaired) electrons. The van der Waals surface area contributed by atoms with Crippen LogP contribution >= 0.6 is 0 Å². The first-order valence-electron chi connectivity index (χ1n) is 5.95. The highest BCUT2D eigenvalue weighted by Gasteiger charge is 2.87. The van der Waals surface area contributed by atoms with E-state index in [1.807, 2.05) is 23.0 Å². The Labute approximate surface area is 106 Å². The molecule has 0 spiro atoms. The minimum absolute atomic E-state index is 0.108. The summed E-state index contributed by atoms with van der Waals surface area (Å²) in [5, 5.41) is 0. The number of aromatic nitrogens is 3. The highest BCUT2D eigenvalue weighted by Crippen LogP contribution is 2.69. The highest BCUT2D eigenvalue weighted by molar-refractivity contribution is 5.15. The van der Waals surface area contributed by atoms with Crippen LogP contribution in [0.4, 0.5) is 0 Å². The Balaban J connectivity index is 1.56. The van der Waals surface area contributed by atoms with E-state index in [1.54, 1.807) is 6.08 Å². The Morgan fingerprint density at radius 2 is 1.74 bits per heavy atom. The number of fused-ring (bicyclic) bond motifs is 1. The summed E-state index contributed by atoms with van der Waals surface area (Å²) in [6.45, 7) is 1.99. The van der Waals surface area contributed by atoms with Crippen LogP contribution in [0.2, 0.25) is 0 Å². The monoisotopic (exact) mass is 267 g/mol. The normalized spacial score (nSPS) is 31.4. The molecule has 19 heavy (non-hydrogen) atoms. The average molecular weight is 267 g/mol. The molecule has 2 fully saturated rings. The fourth-order valence-corrected chi connectivity index (χ4v) is 2.10. The number of epoxide rings is 2. The quantitative estimate of drug-likeness (QED) is 0.526. The third kappa shape index (κ3) is 1.98. The standard InChI is InChI=1S/C11H13N3O5/c1-10-11(18-10,19-10)5-3-2-4-6-14-8(16)12-7(15)13-9(14)17/h2,4H,3,5-6H2,1H3,(H2,12,13,15,16,17). The molecule has 2 aliphatic heterocycles. The van der Waals surface area contributed by atoms with Gasteiger partial charge in [0.05, 0.1) is 6.54 Å². The van der Waals surface area contributed by atoms with E-state index >= 15 is 0 Å². The van der Waals surface area contributed by atoms with Crippen molar-refractivity contribution in [1.29, 1.82) is 0 Å². The third-order valence-corrected chi connectivity index (χ3v) is 3.35. The Bertz CT molecular complexity index is 670. The van der Waals surface area contributed by atoms with Crippen molar-refractivity contribution in [2.45, 2.75) is 37.9 Å². The molecule has 1 aromatic heterocycles. The largest absolute Gasteiger partial charge is 0.333 e. The van der Waals surface area contributed by atoms with Crippen LogP contribution in [0.5, 0.6) is 0 Å². The van der Waals surface area contributed by atoms with E-state index in [0.717, 1.165) is 17.4 Å². The van der Waals surface area contributed by atoms with Crippen LogP contribution < -0.4 is 17.1 Å². The molecule has 3 rings (SSSR count). The number of rotatable bonds is 5. The SMILES string of the molecule is CC12OC1(CCC=CCn1c(=O)[nH]c(=O)[nH]c1=O)O2. The third-order valence-electron chi connectivity index (χ3n) is 3.35. The first-order valence-corrected chi connectivity index (χ1v) is 5.95. The van der Waals surface area contributed by atoms with Crippen LogP contribution in [0.1, 0.15) is 19.8 Å². The van der Waals surface area contributed by atoms with E-state index < -0.39 is 17.1 Å².